The van der Waals surface area contributed by atoms with Crippen molar-refractivity contribution in [1.29, 1.82) is 0 Å². The molecule has 12 nitrogen and oxygen atoms in total. The van der Waals surface area contributed by atoms with Gasteiger partial charge in [0, 0.05) is 66.6 Å². The molecule has 3 aromatic heterocycles. The molecule has 53 heavy (non-hydrogen) atoms. The van der Waals surface area contributed by atoms with Gasteiger partial charge in [-0.15, -0.1) is 0 Å². The Kier molecular flexibility index (Phi) is 13.1. The number of carbonyl (C=O) groups is 3. The largest absolute Gasteiger partial charge is 0.481 e. The molecule has 6 rings (SSSR count). The number of fused-ring (bicyclic) bond motifs is 2. The van der Waals surface area contributed by atoms with Crippen LogP contribution in [0.25, 0.3) is 15.9 Å². The van der Waals surface area contributed by atoms with E-state index in [4.69, 9.17) is 20.8 Å². The maximum Gasteiger partial charge on any atom is 0.303 e. The number of aliphatic carboxylic acids is 1. The van der Waals surface area contributed by atoms with Crippen LogP contribution in [-0.4, -0.2) is 62.4 Å². The molecule has 278 valence electrons. The van der Waals surface area contributed by atoms with Crippen LogP contribution in [0.5, 0.6) is 0 Å². The van der Waals surface area contributed by atoms with Crippen molar-refractivity contribution < 1.29 is 19.5 Å². The van der Waals surface area contributed by atoms with E-state index in [-0.39, 0.29) is 23.9 Å². The molecular weight excluding hydrogens is 709 g/mol. The van der Waals surface area contributed by atoms with Crippen LogP contribution in [0.2, 0.25) is 0 Å². The fourth-order valence-corrected chi connectivity index (χ4v) is 8.39. The summed E-state index contributed by atoms with van der Waals surface area (Å²) >= 11 is 2.62. The van der Waals surface area contributed by atoms with E-state index in [0.29, 0.717) is 65.3 Å². The molecule has 2 aliphatic rings. The average Bonchev–Trinajstić information content (AvgIpc) is 3.59. The highest BCUT2D eigenvalue weighted by Gasteiger charge is 2.26. The first-order valence-electron chi connectivity index (χ1n) is 18.3. The summed E-state index contributed by atoms with van der Waals surface area (Å²) in [4.78, 5) is 59.9. The van der Waals surface area contributed by atoms with Gasteiger partial charge in [-0.25, -0.2) is 15.0 Å². The Hall–Kier alpha value is -4.82. The fraction of sp³-hybridized carbons (Fsp3) is 0.410. The van der Waals surface area contributed by atoms with Crippen LogP contribution in [-0.2, 0) is 17.8 Å². The predicted molar refractivity (Wildman–Crippen MR) is 214 cm³/mol. The van der Waals surface area contributed by atoms with Crippen LogP contribution >= 0.6 is 23.3 Å². The second-order valence-electron chi connectivity index (χ2n) is 13.5. The first kappa shape index (κ1) is 37.9. The number of allylic oxidation sites excluding steroid dienone is 1. The molecule has 14 heteroatoms. The lowest BCUT2D eigenvalue weighted by Crippen LogP contribution is -2.33. The number of rotatable bonds is 15. The molecule has 0 bridgehead atoms. The van der Waals surface area contributed by atoms with Gasteiger partial charge in [0.05, 0.1) is 0 Å². The molecule has 4 heterocycles. The lowest BCUT2D eigenvalue weighted by molar-refractivity contribution is -0.137. The van der Waals surface area contributed by atoms with Crippen LogP contribution in [0.3, 0.4) is 0 Å². The predicted octanol–water partition coefficient (Wildman–Crippen LogP) is 7.27. The van der Waals surface area contributed by atoms with Gasteiger partial charge in [-0.05, 0) is 86.4 Å². The summed E-state index contributed by atoms with van der Waals surface area (Å²) in [6.45, 7) is 3.75. The van der Waals surface area contributed by atoms with Crippen molar-refractivity contribution in [2.75, 3.05) is 29.1 Å². The Balaban J connectivity index is 1.22. The minimum Gasteiger partial charge on any atom is -0.481 e. The van der Waals surface area contributed by atoms with Crippen LogP contribution in [0.1, 0.15) is 102 Å². The minimum atomic E-state index is -0.801. The second-order valence-corrected chi connectivity index (χ2v) is 15.4. The zero-order valence-electron chi connectivity index (χ0n) is 30.0. The summed E-state index contributed by atoms with van der Waals surface area (Å²) in [5.74, 6) is 0.420. The average molecular weight is 755 g/mol. The Bertz CT molecular complexity index is 1970. The van der Waals surface area contributed by atoms with Gasteiger partial charge in [0.2, 0.25) is 0 Å². The zero-order valence-corrected chi connectivity index (χ0v) is 31.6. The van der Waals surface area contributed by atoms with Gasteiger partial charge < -0.3 is 15.7 Å². The smallest absolute Gasteiger partial charge is 0.303 e. The van der Waals surface area contributed by atoms with E-state index >= 15 is 0 Å². The number of nitrogens with two attached hydrogens (primary N) is 1. The minimum absolute atomic E-state index is 0.140. The Labute approximate surface area is 317 Å². The number of amides is 2. The van der Waals surface area contributed by atoms with Crippen molar-refractivity contribution in [1.82, 2.24) is 19.7 Å². The van der Waals surface area contributed by atoms with Crippen LogP contribution in [0.4, 0.5) is 10.9 Å². The molecule has 4 aromatic rings. The SMILES string of the molecule is CC(=NCC1CCCCC1)/C(=C\N)c1ccc(N2CCc3cccc(C(=O)Nc4nc5cccnc5s4)c3C2)nc1C(=O)NSCCCCCC(=O)O. The number of anilines is 2. The number of nitrogens with zero attached hydrogens (tertiary/aromatic N) is 5. The molecule has 1 aliphatic carbocycles. The highest BCUT2D eigenvalue weighted by Crippen LogP contribution is 2.31. The number of thiazole rings is 1. The molecule has 1 saturated carbocycles. The lowest BCUT2D eigenvalue weighted by Gasteiger charge is -2.31. The number of nitrogens with one attached hydrogen (secondary N) is 2. The number of hydrogen-bond donors (Lipinski definition) is 4. The van der Waals surface area contributed by atoms with Crippen molar-refractivity contribution in [2.24, 2.45) is 16.6 Å². The molecule has 2 amide bonds. The molecule has 0 atom stereocenters. The second kappa shape index (κ2) is 18.3. The van der Waals surface area contributed by atoms with Crippen molar-refractivity contribution in [3.05, 3.63) is 82.8 Å². The number of unbranched alkanes of at least 4 members (excludes halogenated alkanes) is 2. The lowest BCUT2D eigenvalue weighted by atomic mass is 9.89. The monoisotopic (exact) mass is 754 g/mol. The summed E-state index contributed by atoms with van der Waals surface area (Å²) in [7, 11) is 0. The van der Waals surface area contributed by atoms with Crippen molar-refractivity contribution in [2.45, 2.75) is 77.7 Å². The maximum atomic E-state index is 13.8. The summed E-state index contributed by atoms with van der Waals surface area (Å²) in [5, 5.41) is 12.4. The summed E-state index contributed by atoms with van der Waals surface area (Å²) in [6.07, 6.45) is 12.3. The third-order valence-electron chi connectivity index (χ3n) is 9.78. The van der Waals surface area contributed by atoms with Gasteiger partial charge in [0.15, 0.2) is 5.13 Å². The van der Waals surface area contributed by atoms with E-state index in [1.54, 1.807) is 6.20 Å². The van der Waals surface area contributed by atoms with E-state index < -0.39 is 5.97 Å². The summed E-state index contributed by atoms with van der Waals surface area (Å²) < 4.78 is 2.95. The highest BCUT2D eigenvalue weighted by atomic mass is 32.2. The molecule has 1 aromatic carbocycles. The number of benzene rings is 1. The van der Waals surface area contributed by atoms with Crippen molar-refractivity contribution in [3.8, 4) is 0 Å². The van der Waals surface area contributed by atoms with E-state index in [1.807, 2.05) is 49.4 Å². The normalized spacial score (nSPS) is 15.3. The third-order valence-corrected chi connectivity index (χ3v) is 11.5. The fourth-order valence-electron chi connectivity index (χ4n) is 6.91. The number of hydrogen-bond acceptors (Lipinski definition) is 11. The highest BCUT2D eigenvalue weighted by molar-refractivity contribution is 7.97. The molecule has 1 aliphatic heterocycles. The Morgan fingerprint density at radius 2 is 1.89 bits per heavy atom. The molecule has 0 radical (unpaired) electrons. The summed E-state index contributed by atoms with van der Waals surface area (Å²) in [5.41, 5.74) is 11.8. The number of carboxylic acids is 1. The first-order valence-corrected chi connectivity index (χ1v) is 20.1. The van der Waals surface area contributed by atoms with Gasteiger partial charge in [-0.3, -0.25) is 29.4 Å². The Morgan fingerprint density at radius 1 is 1.04 bits per heavy atom. The Morgan fingerprint density at radius 3 is 2.68 bits per heavy atom. The van der Waals surface area contributed by atoms with Gasteiger partial charge in [-0.2, -0.15) is 0 Å². The molecule has 0 saturated heterocycles. The quantitative estimate of drug-likeness (QED) is 0.0549. The number of carbonyl (C=O) groups excluding carboxylic acids is 2. The molecule has 0 unspecified atom stereocenters. The van der Waals surface area contributed by atoms with Crippen molar-refractivity contribution >= 4 is 73.6 Å². The van der Waals surface area contributed by atoms with E-state index in [2.05, 4.69) is 24.9 Å². The van der Waals surface area contributed by atoms with E-state index in [9.17, 15) is 14.4 Å². The number of aromatic nitrogens is 3. The van der Waals surface area contributed by atoms with Gasteiger partial charge in [0.25, 0.3) is 11.8 Å². The number of carboxylic acid groups (broad SMARTS) is 1. The van der Waals surface area contributed by atoms with Crippen molar-refractivity contribution in [3.63, 3.8) is 0 Å². The molecule has 5 N–H and O–H groups in total. The van der Waals surface area contributed by atoms with Gasteiger partial charge in [0.1, 0.15) is 21.9 Å². The van der Waals surface area contributed by atoms with E-state index in [0.717, 1.165) is 46.6 Å². The summed E-state index contributed by atoms with van der Waals surface area (Å²) in [6, 6.07) is 13.3. The maximum absolute atomic E-state index is 13.8. The number of pyridine rings is 2. The molecular formula is C39H46N8O4S2. The topological polar surface area (TPSA) is 176 Å². The van der Waals surface area contributed by atoms with Gasteiger partial charge >= 0.3 is 5.97 Å². The van der Waals surface area contributed by atoms with Crippen LogP contribution < -0.4 is 20.7 Å². The third kappa shape index (κ3) is 9.79. The zero-order chi connectivity index (χ0) is 37.2. The van der Waals surface area contributed by atoms with E-state index in [1.165, 1.54) is 61.6 Å². The molecule has 1 fully saturated rings. The van der Waals surface area contributed by atoms with Crippen LogP contribution in [0, 0.1) is 5.92 Å². The van der Waals surface area contributed by atoms with Gasteiger partial charge in [-0.1, -0.05) is 61.1 Å². The standard InChI is InChI=1S/C39H46N8O4S2/c1-25(42-23-26-10-4-2-5-11-26)30(22-40)28-16-17-33(44-35(28)37(51)46-52-21-7-3-6-15-34(48)49)47-20-18-27-12-8-13-29(31(27)24-47)36(50)45-39-43-32-14-9-19-41-38(32)53-39/h8-9,12-14,16-17,19,22,26H,2-7,10-11,15,18,20-21,23-24,40H2,1H3,(H,46,51)(H,48,49)(H,43,45,50)/b30-22+,42-25?. The number of aliphatic imine (C=N–C) groups is 1. The first-order chi connectivity index (χ1) is 25.8. The van der Waals surface area contributed by atoms with Crippen LogP contribution in [0.15, 0.2) is 59.9 Å². The molecule has 0 spiro atoms.